The fourth-order valence-electron chi connectivity index (χ4n) is 5.90. The smallest absolute Gasteiger partial charge is 0.0321 e. The Morgan fingerprint density at radius 1 is 0.769 bits per heavy atom. The molecule has 4 rings (SSSR count). The van der Waals surface area contributed by atoms with Crippen LogP contribution >= 0.6 is 0 Å². The molecule has 0 amide bonds. The van der Waals surface area contributed by atoms with Crippen molar-refractivity contribution in [2.24, 2.45) is 41.4 Å². The van der Waals surface area contributed by atoms with Crippen LogP contribution in [-0.4, -0.2) is 0 Å². The normalized spacial score (nSPS) is 67.6. The molecule has 0 nitrogen and oxygen atoms in total. The molecule has 0 aromatic carbocycles. The topological polar surface area (TPSA) is 0 Å². The summed E-state index contributed by atoms with van der Waals surface area (Å²) >= 11 is 0. The largest absolute Gasteiger partial charge is 0.0622 e. The number of rotatable bonds is 0. The Morgan fingerprint density at radius 3 is 2.38 bits per heavy atom. The van der Waals surface area contributed by atoms with E-state index < -0.39 is 0 Å². The van der Waals surface area contributed by atoms with Gasteiger partial charge in [0.25, 0.3) is 0 Å². The van der Waals surface area contributed by atoms with E-state index in [2.05, 4.69) is 6.92 Å². The average Bonchev–Trinajstić information content (AvgIpc) is 2.78. The van der Waals surface area contributed by atoms with Crippen LogP contribution in [-0.2, 0) is 0 Å². The molecule has 7 atom stereocenters. The van der Waals surface area contributed by atoms with Crippen LogP contribution in [0.5, 0.6) is 0 Å². The maximum absolute atomic E-state index is 2.52. The zero-order chi connectivity index (χ0) is 8.58. The molecule has 0 spiro atoms. The second kappa shape index (κ2) is 2.15. The Morgan fingerprint density at radius 2 is 1.54 bits per heavy atom. The number of fused-ring (bicyclic) bond motifs is 9. The molecular formula is C13H20. The first-order valence-corrected chi connectivity index (χ1v) is 6.34. The van der Waals surface area contributed by atoms with Crippen molar-refractivity contribution in [3.63, 3.8) is 0 Å². The first kappa shape index (κ1) is 7.31. The predicted molar refractivity (Wildman–Crippen MR) is 53.2 cm³/mol. The standard InChI is InChI=1S/C13H20/c1-7-4-10-6-11(7)13-9-3-2-8(5-9)12(10)13/h7-13H,2-6H2,1H3/t7-,8?,9?,10?,11?,12?,13?/m0/s1. The quantitative estimate of drug-likeness (QED) is 0.497. The molecule has 6 unspecified atom stereocenters. The molecule has 0 radical (unpaired) electrons. The fourth-order valence-corrected chi connectivity index (χ4v) is 5.90. The summed E-state index contributed by atoms with van der Waals surface area (Å²) in [6.07, 6.45) is 8.05. The van der Waals surface area contributed by atoms with Gasteiger partial charge in [0, 0.05) is 0 Å². The predicted octanol–water partition coefficient (Wildman–Crippen LogP) is 3.32. The molecule has 0 aliphatic heterocycles. The van der Waals surface area contributed by atoms with E-state index in [4.69, 9.17) is 0 Å². The minimum absolute atomic E-state index is 1.09. The lowest BCUT2D eigenvalue weighted by atomic mass is 9.68. The van der Waals surface area contributed by atoms with Crippen LogP contribution in [0.2, 0.25) is 0 Å². The molecule has 72 valence electrons. The van der Waals surface area contributed by atoms with Crippen LogP contribution in [0, 0.1) is 41.4 Å². The number of hydrogen-bond acceptors (Lipinski definition) is 0. The van der Waals surface area contributed by atoms with E-state index in [1.165, 1.54) is 35.5 Å². The summed E-state index contributed by atoms with van der Waals surface area (Å²) in [5.74, 6) is 8.26. The molecule has 4 aliphatic carbocycles. The maximum atomic E-state index is 2.52. The molecule has 13 heavy (non-hydrogen) atoms. The van der Waals surface area contributed by atoms with E-state index in [9.17, 15) is 0 Å². The Hall–Kier alpha value is 0. The summed E-state index contributed by atoms with van der Waals surface area (Å²) in [6, 6.07) is 0. The Labute approximate surface area is 81.1 Å². The SMILES string of the molecule is C[C@H]1CC2CC1C1C3CCC(C3)C21. The van der Waals surface area contributed by atoms with Crippen molar-refractivity contribution < 1.29 is 0 Å². The van der Waals surface area contributed by atoms with Gasteiger partial charge in [0.15, 0.2) is 0 Å². The monoisotopic (exact) mass is 176 g/mol. The molecule has 0 aromatic heterocycles. The van der Waals surface area contributed by atoms with Crippen molar-refractivity contribution in [3.8, 4) is 0 Å². The highest BCUT2D eigenvalue weighted by Gasteiger charge is 2.61. The summed E-state index contributed by atoms with van der Waals surface area (Å²) < 4.78 is 0. The van der Waals surface area contributed by atoms with Crippen LogP contribution < -0.4 is 0 Å². The van der Waals surface area contributed by atoms with E-state index >= 15 is 0 Å². The van der Waals surface area contributed by atoms with Crippen molar-refractivity contribution in [3.05, 3.63) is 0 Å². The van der Waals surface area contributed by atoms with Crippen molar-refractivity contribution in [2.75, 3.05) is 0 Å². The van der Waals surface area contributed by atoms with Crippen molar-refractivity contribution in [1.29, 1.82) is 0 Å². The van der Waals surface area contributed by atoms with E-state index in [-0.39, 0.29) is 0 Å². The molecule has 4 aliphatic rings. The highest BCUT2D eigenvalue weighted by molar-refractivity contribution is 5.09. The van der Waals surface area contributed by atoms with E-state index in [0.717, 1.165) is 5.92 Å². The summed E-state index contributed by atoms with van der Waals surface area (Å²) in [5, 5.41) is 0. The first-order valence-electron chi connectivity index (χ1n) is 6.34. The third-order valence-corrected chi connectivity index (χ3v) is 6.07. The van der Waals surface area contributed by atoms with Crippen LogP contribution in [0.3, 0.4) is 0 Å². The molecule has 0 heterocycles. The molecule has 0 heteroatoms. The van der Waals surface area contributed by atoms with Gasteiger partial charge in [0.2, 0.25) is 0 Å². The lowest BCUT2D eigenvalue weighted by Gasteiger charge is -2.37. The minimum atomic E-state index is 1.09. The summed E-state index contributed by atoms with van der Waals surface area (Å²) in [4.78, 5) is 0. The summed E-state index contributed by atoms with van der Waals surface area (Å²) in [7, 11) is 0. The highest BCUT2D eigenvalue weighted by Crippen LogP contribution is 2.68. The van der Waals surface area contributed by atoms with Gasteiger partial charge in [-0.05, 0) is 73.5 Å². The molecule has 0 saturated heterocycles. The van der Waals surface area contributed by atoms with Gasteiger partial charge >= 0.3 is 0 Å². The third kappa shape index (κ3) is 0.714. The van der Waals surface area contributed by atoms with Gasteiger partial charge in [-0.3, -0.25) is 0 Å². The van der Waals surface area contributed by atoms with Gasteiger partial charge in [0.05, 0.1) is 0 Å². The molecule has 4 fully saturated rings. The third-order valence-electron chi connectivity index (χ3n) is 6.07. The van der Waals surface area contributed by atoms with Crippen molar-refractivity contribution in [2.45, 2.75) is 39.0 Å². The Kier molecular flexibility index (Phi) is 1.21. The van der Waals surface area contributed by atoms with Crippen LogP contribution in [0.4, 0.5) is 0 Å². The van der Waals surface area contributed by atoms with Crippen molar-refractivity contribution in [1.82, 2.24) is 0 Å². The Bertz CT molecular complexity index is 244. The molecular weight excluding hydrogens is 156 g/mol. The van der Waals surface area contributed by atoms with Gasteiger partial charge < -0.3 is 0 Å². The summed E-state index contributed by atoms with van der Waals surface area (Å²) in [5.41, 5.74) is 0. The molecule has 4 bridgehead atoms. The van der Waals surface area contributed by atoms with E-state index in [1.807, 2.05) is 0 Å². The van der Waals surface area contributed by atoms with Crippen LogP contribution in [0.25, 0.3) is 0 Å². The minimum Gasteiger partial charge on any atom is -0.0622 e. The Balaban J connectivity index is 1.75. The van der Waals surface area contributed by atoms with E-state index in [1.54, 1.807) is 32.1 Å². The zero-order valence-electron chi connectivity index (χ0n) is 8.58. The highest BCUT2D eigenvalue weighted by atomic mass is 14.7. The zero-order valence-corrected chi connectivity index (χ0v) is 8.58. The first-order chi connectivity index (χ1) is 6.34. The van der Waals surface area contributed by atoms with Gasteiger partial charge in [0.1, 0.15) is 0 Å². The van der Waals surface area contributed by atoms with Gasteiger partial charge in [-0.25, -0.2) is 0 Å². The molecule has 0 aromatic rings. The lowest BCUT2D eigenvalue weighted by Crippen LogP contribution is -2.31. The van der Waals surface area contributed by atoms with E-state index in [0.29, 0.717) is 0 Å². The fraction of sp³-hybridized carbons (Fsp3) is 1.00. The number of hydrogen-bond donors (Lipinski definition) is 0. The maximum Gasteiger partial charge on any atom is -0.0321 e. The van der Waals surface area contributed by atoms with Crippen LogP contribution in [0.1, 0.15) is 39.0 Å². The van der Waals surface area contributed by atoms with Gasteiger partial charge in [-0.15, -0.1) is 0 Å². The molecule has 4 saturated carbocycles. The second-order valence-corrected chi connectivity index (χ2v) is 6.36. The molecule has 0 N–H and O–H groups in total. The summed E-state index contributed by atoms with van der Waals surface area (Å²) in [6.45, 7) is 2.52. The average molecular weight is 176 g/mol. The van der Waals surface area contributed by atoms with Crippen LogP contribution in [0.15, 0.2) is 0 Å². The van der Waals surface area contributed by atoms with Gasteiger partial charge in [-0.1, -0.05) is 6.92 Å². The van der Waals surface area contributed by atoms with Crippen molar-refractivity contribution >= 4 is 0 Å². The second-order valence-electron chi connectivity index (χ2n) is 6.36. The lowest BCUT2D eigenvalue weighted by molar-refractivity contribution is 0.112. The van der Waals surface area contributed by atoms with Gasteiger partial charge in [-0.2, -0.15) is 0 Å².